The summed E-state index contributed by atoms with van der Waals surface area (Å²) in [5, 5.41) is 36.7. The van der Waals surface area contributed by atoms with E-state index in [1.165, 1.54) is 56.0 Å². The molecule has 346 valence electrons. The Labute approximate surface area is 382 Å². The number of likely N-dealkylation sites (tertiary alicyclic amines) is 1. The summed E-state index contributed by atoms with van der Waals surface area (Å²) in [5.41, 5.74) is 0.824. The molecule has 2 aromatic heterocycles. The summed E-state index contributed by atoms with van der Waals surface area (Å²) in [7, 11) is 1.64. The lowest BCUT2D eigenvalue weighted by Gasteiger charge is -2.38. The zero-order valence-electron chi connectivity index (χ0n) is 36.5. The minimum absolute atomic E-state index is 0.0400. The lowest BCUT2D eigenvalue weighted by molar-refractivity contribution is -0.149. The van der Waals surface area contributed by atoms with Gasteiger partial charge in [0.2, 0.25) is 11.8 Å². The van der Waals surface area contributed by atoms with Crippen molar-refractivity contribution in [3.63, 3.8) is 0 Å². The van der Waals surface area contributed by atoms with Crippen LogP contribution in [0.2, 0.25) is 5.02 Å². The molecule has 2 saturated heterocycles. The molecule has 21 nitrogen and oxygen atoms in total. The van der Waals surface area contributed by atoms with Gasteiger partial charge in [0.1, 0.15) is 23.7 Å². The van der Waals surface area contributed by atoms with Gasteiger partial charge in [0.25, 0.3) is 0 Å². The van der Waals surface area contributed by atoms with E-state index < -0.39 is 41.4 Å². The van der Waals surface area contributed by atoms with Gasteiger partial charge in [0.15, 0.2) is 0 Å². The summed E-state index contributed by atoms with van der Waals surface area (Å²) in [6.45, 7) is 5.66. The third-order valence-corrected chi connectivity index (χ3v) is 11.4. The first-order chi connectivity index (χ1) is 31.4. The number of anilines is 3. The van der Waals surface area contributed by atoms with Crippen LogP contribution in [0.5, 0.6) is 0 Å². The molecule has 0 radical (unpaired) electrons. The first-order valence-corrected chi connectivity index (χ1v) is 21.4. The fourth-order valence-electron chi connectivity index (χ4n) is 7.93. The van der Waals surface area contributed by atoms with Gasteiger partial charge < -0.3 is 45.2 Å². The monoisotopic (exact) mass is 925 g/mol. The molecule has 1 atom stereocenters. The Morgan fingerprint density at radius 1 is 0.894 bits per heavy atom. The van der Waals surface area contributed by atoms with E-state index in [1.54, 1.807) is 69.1 Å². The second-order valence-corrected chi connectivity index (χ2v) is 17.3. The number of carboxylic acids is 1. The molecule has 22 heteroatoms. The van der Waals surface area contributed by atoms with E-state index in [0.29, 0.717) is 48.3 Å². The Kier molecular flexibility index (Phi) is 13.7. The summed E-state index contributed by atoms with van der Waals surface area (Å²) in [6.07, 6.45) is 1.32. The third-order valence-electron chi connectivity index (χ3n) is 11.2. The number of rotatable bonds is 12. The molecule has 5 aromatic rings. The van der Waals surface area contributed by atoms with Crippen molar-refractivity contribution >= 4 is 81.3 Å². The molecule has 7 rings (SSSR count). The van der Waals surface area contributed by atoms with Gasteiger partial charge >= 0.3 is 29.9 Å². The standard InChI is InChI=1S/C44H48ClN11O10/c1-44(2,3)66-43(65)56-32-12-10-31(22-28(32)23-36(56)41(62)63)47-37(58)35(54-18-17-53(39(60)40(54)61)34-24-29(45)7-11-33(34)55-25-46-49-50-55)21-26-5-8-30(9-6-26)48-42(64)52-15-13-27(14-16-52)38(59)51(4)19-20-57/h5-12,22-25,27,35,57H,13-21H2,1-4H3,(H,47,58)(H,48,64)(H,62,63). The number of piperidine rings is 1. The number of ether oxygens (including phenoxy) is 1. The fraction of sp³-hybridized carbons (Fsp3) is 0.364. The Bertz CT molecular complexity index is 2670. The van der Waals surface area contributed by atoms with Crippen LogP contribution < -0.4 is 15.5 Å². The molecule has 2 aliphatic heterocycles. The predicted octanol–water partition coefficient (Wildman–Crippen LogP) is 3.87. The van der Waals surface area contributed by atoms with Gasteiger partial charge in [-0.15, -0.1) is 5.10 Å². The highest BCUT2D eigenvalue weighted by atomic mass is 35.5. The van der Waals surface area contributed by atoms with Gasteiger partial charge in [-0.2, -0.15) is 4.68 Å². The Balaban J connectivity index is 1.12. The topological polar surface area (TPSA) is 255 Å². The summed E-state index contributed by atoms with van der Waals surface area (Å²) in [4.78, 5) is 99.4. The Morgan fingerprint density at radius 2 is 1.61 bits per heavy atom. The normalized spacial score (nSPS) is 15.2. The van der Waals surface area contributed by atoms with Gasteiger partial charge in [0.05, 0.1) is 23.5 Å². The van der Waals surface area contributed by atoms with E-state index in [2.05, 4.69) is 26.2 Å². The number of carbonyl (C=O) groups is 7. The largest absolute Gasteiger partial charge is 0.477 e. The molecule has 0 bridgehead atoms. The van der Waals surface area contributed by atoms with E-state index in [4.69, 9.17) is 16.3 Å². The average molecular weight is 926 g/mol. The molecule has 66 heavy (non-hydrogen) atoms. The maximum atomic E-state index is 14.4. The zero-order valence-corrected chi connectivity index (χ0v) is 37.3. The molecule has 1 unspecified atom stereocenters. The molecule has 2 aliphatic rings. The second kappa shape index (κ2) is 19.4. The van der Waals surface area contributed by atoms with Gasteiger partial charge in [-0.25, -0.2) is 19.0 Å². The highest BCUT2D eigenvalue weighted by Gasteiger charge is 2.41. The lowest BCUT2D eigenvalue weighted by atomic mass is 9.95. The number of aromatic carboxylic acids is 1. The minimum atomic E-state index is -1.38. The Morgan fingerprint density at radius 3 is 2.26 bits per heavy atom. The molecule has 0 aliphatic carbocycles. The van der Waals surface area contributed by atoms with Crippen LogP contribution >= 0.6 is 11.6 Å². The number of tetrazole rings is 1. The van der Waals surface area contributed by atoms with Crippen LogP contribution in [0, 0.1) is 5.92 Å². The number of aromatic nitrogens is 5. The molecular weight excluding hydrogens is 878 g/mol. The lowest BCUT2D eigenvalue weighted by Crippen LogP contribution is -2.60. The van der Waals surface area contributed by atoms with Crippen molar-refractivity contribution < 1.29 is 48.5 Å². The van der Waals surface area contributed by atoms with E-state index in [0.717, 1.165) is 4.57 Å². The summed E-state index contributed by atoms with van der Waals surface area (Å²) < 4.78 is 7.71. The average Bonchev–Trinajstić information content (AvgIpc) is 3.96. The number of piperazine rings is 1. The summed E-state index contributed by atoms with van der Waals surface area (Å²) >= 11 is 6.34. The molecule has 2 fully saturated rings. The number of urea groups is 1. The quantitative estimate of drug-likeness (QED) is 0.130. The van der Waals surface area contributed by atoms with Crippen LogP contribution in [0.4, 0.5) is 26.7 Å². The fourth-order valence-corrected chi connectivity index (χ4v) is 8.10. The van der Waals surface area contributed by atoms with Crippen LogP contribution in [-0.2, 0) is 30.3 Å². The number of halogens is 1. The highest BCUT2D eigenvalue weighted by Crippen LogP contribution is 2.31. The molecule has 4 heterocycles. The maximum absolute atomic E-state index is 14.4. The smallest absolute Gasteiger partial charge is 0.419 e. The molecule has 4 N–H and O–H groups in total. The number of hydrogen-bond donors (Lipinski definition) is 4. The van der Waals surface area contributed by atoms with Crippen molar-refractivity contribution in [2.75, 3.05) is 61.9 Å². The molecule has 0 spiro atoms. The maximum Gasteiger partial charge on any atom is 0.419 e. The van der Waals surface area contributed by atoms with Gasteiger partial charge in [-0.1, -0.05) is 23.7 Å². The highest BCUT2D eigenvalue weighted by molar-refractivity contribution is 6.41. The summed E-state index contributed by atoms with van der Waals surface area (Å²) in [6, 6.07) is 15.4. The van der Waals surface area contributed by atoms with E-state index in [1.807, 2.05) is 0 Å². The summed E-state index contributed by atoms with van der Waals surface area (Å²) in [5.74, 6) is -4.28. The van der Waals surface area contributed by atoms with Gasteiger partial charge in [-0.05, 0) is 104 Å². The molecule has 6 amide bonds. The first-order valence-electron chi connectivity index (χ1n) is 21.0. The second-order valence-electron chi connectivity index (χ2n) is 16.8. The molecular formula is C44H48ClN11O10. The third kappa shape index (κ3) is 10.3. The van der Waals surface area contributed by atoms with E-state index in [-0.39, 0.29) is 78.1 Å². The number of nitrogens with one attached hydrogen (secondary N) is 2. The number of carbonyl (C=O) groups excluding carboxylic acids is 6. The van der Waals surface area contributed by atoms with Crippen molar-refractivity contribution in [1.82, 2.24) is 39.5 Å². The number of likely N-dealkylation sites (N-methyl/N-ethyl adjacent to an activating group) is 1. The SMILES string of the molecule is CN(CCO)C(=O)C1CCN(C(=O)Nc2ccc(CC(C(=O)Nc3ccc4c(c3)cc(C(=O)O)n4C(=O)OC(C)(C)C)N3CCN(c4cc(Cl)ccc4-n4cnnn4)C(=O)C3=O)cc2)CC1. The van der Waals surface area contributed by atoms with Crippen molar-refractivity contribution in [2.45, 2.75) is 51.7 Å². The van der Waals surface area contributed by atoms with Crippen molar-refractivity contribution in [1.29, 1.82) is 0 Å². The van der Waals surface area contributed by atoms with E-state index >= 15 is 0 Å². The van der Waals surface area contributed by atoms with Crippen molar-refractivity contribution in [2.24, 2.45) is 5.92 Å². The number of nitrogens with zero attached hydrogens (tertiary/aromatic N) is 9. The van der Waals surface area contributed by atoms with Crippen LogP contribution in [0.3, 0.4) is 0 Å². The Hall–Kier alpha value is -7.39. The van der Waals surface area contributed by atoms with Crippen LogP contribution in [-0.4, -0.2) is 149 Å². The predicted molar refractivity (Wildman–Crippen MR) is 239 cm³/mol. The number of hydrogen-bond acceptors (Lipinski definition) is 12. The minimum Gasteiger partial charge on any atom is -0.477 e. The molecule has 3 aromatic carbocycles. The van der Waals surface area contributed by atoms with Crippen LogP contribution in [0.15, 0.2) is 73.1 Å². The van der Waals surface area contributed by atoms with Gasteiger partial charge in [0, 0.05) is 73.9 Å². The number of amides is 6. The van der Waals surface area contributed by atoms with Gasteiger partial charge in [-0.3, -0.25) is 19.2 Å². The first kappa shape index (κ1) is 46.6. The number of fused-ring (bicyclic) bond motifs is 1. The number of benzene rings is 3. The molecule has 0 saturated carbocycles. The number of carboxylic acid groups (broad SMARTS) is 1. The van der Waals surface area contributed by atoms with Crippen LogP contribution in [0.1, 0.15) is 49.7 Å². The number of aliphatic hydroxyl groups excluding tert-OH is 1. The van der Waals surface area contributed by atoms with E-state index in [9.17, 15) is 43.8 Å². The van der Waals surface area contributed by atoms with Crippen molar-refractivity contribution in [3.8, 4) is 5.69 Å². The zero-order chi connectivity index (χ0) is 47.4. The van der Waals surface area contributed by atoms with Crippen molar-refractivity contribution in [3.05, 3.63) is 89.3 Å². The number of aliphatic hydroxyl groups is 1. The van der Waals surface area contributed by atoms with Crippen LogP contribution in [0.25, 0.3) is 16.6 Å².